The summed E-state index contributed by atoms with van der Waals surface area (Å²) in [5.74, 6) is -0.345. The summed E-state index contributed by atoms with van der Waals surface area (Å²) in [6.45, 7) is 3.42. The van der Waals surface area contributed by atoms with Crippen molar-refractivity contribution in [2.45, 2.75) is 19.4 Å². The van der Waals surface area contributed by atoms with E-state index >= 15 is 0 Å². The van der Waals surface area contributed by atoms with E-state index in [0.29, 0.717) is 5.56 Å². The van der Waals surface area contributed by atoms with Crippen LogP contribution in [0.5, 0.6) is 0 Å². The highest BCUT2D eigenvalue weighted by molar-refractivity contribution is 5.54. The SMILES string of the molecule is C[C@H](O)c1c(F)cccc1N(C)CCCN(C)C. The molecule has 0 heterocycles. The fourth-order valence-corrected chi connectivity index (χ4v) is 2.02. The predicted molar refractivity (Wildman–Crippen MR) is 73.5 cm³/mol. The van der Waals surface area contributed by atoms with Crippen molar-refractivity contribution in [3.05, 3.63) is 29.6 Å². The van der Waals surface area contributed by atoms with E-state index in [1.54, 1.807) is 13.0 Å². The van der Waals surface area contributed by atoms with Gasteiger partial charge < -0.3 is 14.9 Å². The van der Waals surface area contributed by atoms with Crippen LogP contribution >= 0.6 is 0 Å². The number of halogens is 1. The molecule has 3 nitrogen and oxygen atoms in total. The molecule has 1 N–H and O–H groups in total. The Kier molecular flexibility index (Phi) is 5.56. The van der Waals surface area contributed by atoms with E-state index in [0.717, 1.165) is 25.2 Å². The van der Waals surface area contributed by atoms with E-state index < -0.39 is 6.10 Å². The number of aliphatic hydroxyl groups is 1. The zero-order valence-corrected chi connectivity index (χ0v) is 11.7. The smallest absolute Gasteiger partial charge is 0.131 e. The second-order valence-corrected chi connectivity index (χ2v) is 4.93. The van der Waals surface area contributed by atoms with Crippen LogP contribution in [0.3, 0.4) is 0 Å². The Morgan fingerprint density at radius 1 is 1.22 bits per heavy atom. The molecule has 0 aliphatic heterocycles. The first kappa shape index (κ1) is 14.9. The highest BCUT2D eigenvalue weighted by Gasteiger charge is 2.15. The number of rotatable bonds is 6. The number of anilines is 1. The normalized spacial score (nSPS) is 12.8. The fraction of sp³-hybridized carbons (Fsp3) is 0.571. The topological polar surface area (TPSA) is 26.7 Å². The van der Waals surface area contributed by atoms with E-state index in [-0.39, 0.29) is 5.82 Å². The molecule has 1 aromatic carbocycles. The van der Waals surface area contributed by atoms with E-state index in [2.05, 4.69) is 4.90 Å². The molecule has 0 aromatic heterocycles. The summed E-state index contributed by atoms with van der Waals surface area (Å²) in [5, 5.41) is 9.67. The minimum atomic E-state index is -0.794. The first-order valence-corrected chi connectivity index (χ1v) is 6.25. The van der Waals surface area contributed by atoms with Gasteiger partial charge in [0, 0.05) is 24.8 Å². The van der Waals surface area contributed by atoms with Gasteiger partial charge in [0.15, 0.2) is 0 Å². The number of benzene rings is 1. The van der Waals surface area contributed by atoms with Gasteiger partial charge in [0.2, 0.25) is 0 Å². The van der Waals surface area contributed by atoms with Gasteiger partial charge in [-0.15, -0.1) is 0 Å². The number of nitrogens with zero attached hydrogens (tertiary/aromatic N) is 2. The number of hydrogen-bond donors (Lipinski definition) is 1. The monoisotopic (exact) mass is 254 g/mol. The predicted octanol–water partition coefficient (Wildman–Crippen LogP) is 2.27. The van der Waals surface area contributed by atoms with Gasteiger partial charge in [0.05, 0.1) is 6.10 Å². The molecule has 1 atom stereocenters. The second kappa shape index (κ2) is 6.71. The van der Waals surface area contributed by atoms with Crippen LogP contribution in [-0.2, 0) is 0 Å². The molecule has 0 saturated heterocycles. The largest absolute Gasteiger partial charge is 0.389 e. The van der Waals surface area contributed by atoms with E-state index in [9.17, 15) is 9.50 Å². The number of aliphatic hydroxyl groups excluding tert-OH is 1. The van der Waals surface area contributed by atoms with Gasteiger partial charge in [-0.1, -0.05) is 6.07 Å². The van der Waals surface area contributed by atoms with Crippen LogP contribution in [-0.4, -0.2) is 44.2 Å². The molecule has 1 rings (SSSR count). The summed E-state index contributed by atoms with van der Waals surface area (Å²) in [7, 11) is 5.99. The molecular weight excluding hydrogens is 231 g/mol. The maximum Gasteiger partial charge on any atom is 0.131 e. The van der Waals surface area contributed by atoms with Crippen molar-refractivity contribution in [1.29, 1.82) is 0 Å². The summed E-state index contributed by atoms with van der Waals surface area (Å²) in [6.07, 6.45) is 0.205. The van der Waals surface area contributed by atoms with E-state index in [1.807, 2.05) is 32.1 Å². The first-order valence-electron chi connectivity index (χ1n) is 6.25. The lowest BCUT2D eigenvalue weighted by atomic mass is 10.1. The maximum atomic E-state index is 13.7. The quantitative estimate of drug-likeness (QED) is 0.843. The third-order valence-electron chi connectivity index (χ3n) is 2.96. The molecule has 0 aliphatic carbocycles. The van der Waals surface area contributed by atoms with Gasteiger partial charge in [-0.05, 0) is 46.1 Å². The molecule has 0 unspecified atom stereocenters. The van der Waals surface area contributed by atoms with Crippen molar-refractivity contribution in [3.8, 4) is 0 Å². The highest BCUT2D eigenvalue weighted by Crippen LogP contribution is 2.28. The highest BCUT2D eigenvalue weighted by atomic mass is 19.1. The molecule has 0 aliphatic rings. The lowest BCUT2D eigenvalue weighted by molar-refractivity contribution is 0.194. The third-order valence-corrected chi connectivity index (χ3v) is 2.96. The fourth-order valence-electron chi connectivity index (χ4n) is 2.02. The lowest BCUT2D eigenvalue weighted by Crippen LogP contribution is -2.24. The molecule has 0 saturated carbocycles. The van der Waals surface area contributed by atoms with E-state index in [1.165, 1.54) is 6.07 Å². The molecule has 0 fully saturated rings. The standard InChI is InChI=1S/C14H23FN2O/c1-11(18)14-12(15)7-5-8-13(14)17(4)10-6-9-16(2)3/h5,7-8,11,18H,6,9-10H2,1-4H3/t11-/m0/s1. The zero-order chi connectivity index (χ0) is 13.7. The molecule has 0 amide bonds. The Morgan fingerprint density at radius 2 is 1.89 bits per heavy atom. The Bertz CT molecular complexity index is 380. The van der Waals surface area contributed by atoms with Crippen molar-refractivity contribution in [3.63, 3.8) is 0 Å². The van der Waals surface area contributed by atoms with Gasteiger partial charge in [-0.2, -0.15) is 0 Å². The minimum absolute atomic E-state index is 0.345. The van der Waals surface area contributed by atoms with Crippen LogP contribution in [0.15, 0.2) is 18.2 Å². The van der Waals surface area contributed by atoms with Crippen molar-refractivity contribution in [1.82, 2.24) is 4.90 Å². The summed E-state index contributed by atoms with van der Waals surface area (Å²) >= 11 is 0. The summed E-state index contributed by atoms with van der Waals surface area (Å²) in [5.41, 5.74) is 1.15. The van der Waals surface area contributed by atoms with Crippen molar-refractivity contribution < 1.29 is 9.50 Å². The molecule has 4 heteroatoms. The van der Waals surface area contributed by atoms with Gasteiger partial charge in [-0.25, -0.2) is 4.39 Å². The molecular formula is C14H23FN2O. The Labute approximate surface area is 109 Å². The maximum absolute atomic E-state index is 13.7. The lowest BCUT2D eigenvalue weighted by Gasteiger charge is -2.24. The zero-order valence-electron chi connectivity index (χ0n) is 11.7. The van der Waals surface area contributed by atoms with Gasteiger partial charge in [0.25, 0.3) is 0 Å². The Morgan fingerprint density at radius 3 is 2.44 bits per heavy atom. The summed E-state index contributed by atoms with van der Waals surface area (Å²) < 4.78 is 13.7. The Hall–Kier alpha value is -1.13. The Balaban J connectivity index is 2.78. The van der Waals surface area contributed by atoms with Gasteiger partial charge in [-0.3, -0.25) is 0 Å². The molecule has 1 aromatic rings. The van der Waals surface area contributed by atoms with Crippen LogP contribution in [0, 0.1) is 5.82 Å². The first-order chi connectivity index (χ1) is 8.43. The minimum Gasteiger partial charge on any atom is -0.389 e. The molecule has 18 heavy (non-hydrogen) atoms. The van der Waals surface area contributed by atoms with Crippen molar-refractivity contribution in [2.24, 2.45) is 0 Å². The molecule has 0 spiro atoms. The van der Waals surface area contributed by atoms with E-state index in [4.69, 9.17) is 0 Å². The van der Waals surface area contributed by atoms with Crippen LogP contribution in [0.1, 0.15) is 25.0 Å². The molecule has 0 radical (unpaired) electrons. The number of hydrogen-bond acceptors (Lipinski definition) is 3. The van der Waals surface area contributed by atoms with Crippen molar-refractivity contribution >= 4 is 5.69 Å². The van der Waals surface area contributed by atoms with Crippen LogP contribution in [0.2, 0.25) is 0 Å². The van der Waals surface area contributed by atoms with Crippen LogP contribution in [0.4, 0.5) is 10.1 Å². The molecule has 102 valence electrons. The second-order valence-electron chi connectivity index (χ2n) is 4.93. The molecule has 0 bridgehead atoms. The third kappa shape index (κ3) is 3.96. The average Bonchev–Trinajstić information content (AvgIpc) is 2.27. The van der Waals surface area contributed by atoms with Crippen LogP contribution in [0.25, 0.3) is 0 Å². The van der Waals surface area contributed by atoms with Gasteiger partial charge in [0.1, 0.15) is 5.82 Å². The summed E-state index contributed by atoms with van der Waals surface area (Å²) in [4.78, 5) is 4.11. The van der Waals surface area contributed by atoms with Gasteiger partial charge >= 0.3 is 0 Å². The average molecular weight is 254 g/mol. The summed E-state index contributed by atoms with van der Waals surface area (Å²) in [6, 6.07) is 4.92. The van der Waals surface area contributed by atoms with Crippen molar-refractivity contribution in [2.75, 3.05) is 39.1 Å². The van der Waals surface area contributed by atoms with Crippen LogP contribution < -0.4 is 4.90 Å².